The van der Waals surface area contributed by atoms with E-state index in [9.17, 15) is 4.39 Å². The van der Waals surface area contributed by atoms with Gasteiger partial charge < -0.3 is 9.55 Å². The molecule has 84 valence electrons. The standard InChI is InChI=1S/C10H7Cl2FN2S/c1-5(11)4-15-9-3-7(13)6(12)2-8(9)14-10(15)16/h2-3H,1,4H2,(H,14,16). The molecule has 0 bridgehead atoms. The third kappa shape index (κ3) is 2.00. The number of rotatable bonds is 2. The lowest BCUT2D eigenvalue weighted by molar-refractivity contribution is 0.629. The van der Waals surface area contributed by atoms with Crippen LogP contribution in [-0.4, -0.2) is 9.55 Å². The van der Waals surface area contributed by atoms with Crippen LogP contribution in [0.2, 0.25) is 5.02 Å². The Morgan fingerprint density at radius 3 is 2.88 bits per heavy atom. The molecule has 0 atom stereocenters. The molecule has 0 radical (unpaired) electrons. The molecule has 2 rings (SSSR count). The van der Waals surface area contributed by atoms with Gasteiger partial charge in [-0.15, -0.1) is 0 Å². The zero-order valence-electron chi connectivity index (χ0n) is 8.06. The second-order valence-corrected chi connectivity index (χ2v) is 4.65. The number of benzene rings is 1. The van der Waals surface area contributed by atoms with E-state index in [0.717, 1.165) is 0 Å². The smallest absolute Gasteiger partial charge is 0.178 e. The lowest BCUT2D eigenvalue weighted by Crippen LogP contribution is -1.97. The van der Waals surface area contributed by atoms with Crippen molar-refractivity contribution >= 4 is 46.5 Å². The second kappa shape index (κ2) is 4.20. The summed E-state index contributed by atoms with van der Waals surface area (Å²) in [6.45, 7) is 3.92. The minimum atomic E-state index is -0.489. The third-order valence-electron chi connectivity index (χ3n) is 2.15. The molecule has 0 spiro atoms. The average molecular weight is 277 g/mol. The van der Waals surface area contributed by atoms with Crippen LogP contribution in [-0.2, 0) is 6.54 Å². The van der Waals surface area contributed by atoms with Crippen molar-refractivity contribution < 1.29 is 4.39 Å². The Balaban J connectivity index is 2.74. The molecule has 0 amide bonds. The summed E-state index contributed by atoms with van der Waals surface area (Å²) >= 11 is 16.5. The normalized spacial score (nSPS) is 10.9. The Labute approximate surface area is 106 Å². The Morgan fingerprint density at radius 1 is 1.56 bits per heavy atom. The number of hydrogen-bond acceptors (Lipinski definition) is 1. The number of aromatic amines is 1. The third-order valence-corrected chi connectivity index (χ3v) is 2.88. The van der Waals surface area contributed by atoms with E-state index in [-0.39, 0.29) is 5.02 Å². The number of imidazole rings is 1. The number of allylic oxidation sites excluding steroid dienone is 1. The molecule has 6 heteroatoms. The highest BCUT2D eigenvalue weighted by molar-refractivity contribution is 7.71. The predicted molar refractivity (Wildman–Crippen MR) is 67.1 cm³/mol. The number of nitrogens with one attached hydrogen (secondary N) is 1. The number of fused-ring (bicyclic) bond motifs is 1. The molecular formula is C10H7Cl2FN2S. The topological polar surface area (TPSA) is 20.7 Å². The van der Waals surface area contributed by atoms with Gasteiger partial charge >= 0.3 is 0 Å². The Kier molecular flexibility index (Phi) is 3.06. The number of hydrogen-bond donors (Lipinski definition) is 1. The summed E-state index contributed by atoms with van der Waals surface area (Å²) < 4.78 is 15.4. The van der Waals surface area contributed by atoms with Gasteiger partial charge in [-0.3, -0.25) is 0 Å². The highest BCUT2D eigenvalue weighted by atomic mass is 35.5. The first-order chi connectivity index (χ1) is 7.49. The van der Waals surface area contributed by atoms with Gasteiger partial charge in [-0.2, -0.15) is 0 Å². The van der Waals surface area contributed by atoms with Gasteiger partial charge in [-0.1, -0.05) is 29.8 Å². The Morgan fingerprint density at radius 2 is 2.25 bits per heavy atom. The maximum absolute atomic E-state index is 13.3. The molecule has 0 saturated carbocycles. The molecule has 0 aliphatic rings. The fraction of sp³-hybridized carbons (Fsp3) is 0.100. The first-order valence-corrected chi connectivity index (χ1v) is 5.56. The fourth-order valence-corrected chi connectivity index (χ4v) is 2.04. The van der Waals surface area contributed by atoms with Crippen molar-refractivity contribution in [3.63, 3.8) is 0 Å². The van der Waals surface area contributed by atoms with E-state index < -0.39 is 5.82 Å². The molecule has 0 fully saturated rings. The van der Waals surface area contributed by atoms with Crippen LogP contribution in [0, 0.1) is 10.6 Å². The lowest BCUT2D eigenvalue weighted by Gasteiger charge is -2.02. The van der Waals surface area contributed by atoms with Crippen LogP contribution < -0.4 is 0 Å². The van der Waals surface area contributed by atoms with Crippen LogP contribution in [0.25, 0.3) is 11.0 Å². The van der Waals surface area contributed by atoms with E-state index in [4.69, 9.17) is 35.4 Å². The maximum atomic E-state index is 13.3. The SMILES string of the molecule is C=C(Cl)Cn1c(=S)[nH]c2cc(Cl)c(F)cc21. The lowest BCUT2D eigenvalue weighted by atomic mass is 10.3. The number of nitrogens with zero attached hydrogens (tertiary/aromatic N) is 1. The molecule has 1 heterocycles. The number of H-pyrrole nitrogens is 1. The van der Waals surface area contributed by atoms with E-state index in [1.54, 1.807) is 4.57 Å². The van der Waals surface area contributed by atoms with E-state index in [0.29, 0.717) is 27.4 Å². The van der Waals surface area contributed by atoms with E-state index in [2.05, 4.69) is 11.6 Å². The van der Waals surface area contributed by atoms with Gasteiger partial charge in [0.25, 0.3) is 0 Å². The molecule has 16 heavy (non-hydrogen) atoms. The van der Waals surface area contributed by atoms with Crippen LogP contribution in [0.15, 0.2) is 23.7 Å². The van der Waals surface area contributed by atoms with Crippen LogP contribution in [0.3, 0.4) is 0 Å². The quantitative estimate of drug-likeness (QED) is 0.814. The molecular weight excluding hydrogens is 270 g/mol. The molecule has 2 aromatic rings. The van der Waals surface area contributed by atoms with Crippen molar-refractivity contribution in [1.29, 1.82) is 0 Å². The van der Waals surface area contributed by atoms with E-state index in [1.165, 1.54) is 12.1 Å². The predicted octanol–water partition coefficient (Wildman–Crippen LogP) is 4.24. The summed E-state index contributed by atoms with van der Waals surface area (Å²) in [5, 5.41) is 0.480. The maximum Gasteiger partial charge on any atom is 0.178 e. The molecule has 2 nitrogen and oxygen atoms in total. The summed E-state index contributed by atoms with van der Waals surface area (Å²) in [7, 11) is 0. The summed E-state index contributed by atoms with van der Waals surface area (Å²) in [6.07, 6.45) is 0. The van der Waals surface area contributed by atoms with Crippen molar-refractivity contribution in [3.05, 3.63) is 39.4 Å². The van der Waals surface area contributed by atoms with Crippen molar-refractivity contribution in [2.24, 2.45) is 0 Å². The second-order valence-electron chi connectivity index (χ2n) is 3.32. The summed E-state index contributed by atoms with van der Waals surface area (Å²) in [4.78, 5) is 2.93. The van der Waals surface area contributed by atoms with Crippen LogP contribution in [0.4, 0.5) is 4.39 Å². The first-order valence-electron chi connectivity index (χ1n) is 4.40. The zero-order valence-corrected chi connectivity index (χ0v) is 10.4. The van der Waals surface area contributed by atoms with Gasteiger partial charge in [-0.25, -0.2) is 4.39 Å². The van der Waals surface area contributed by atoms with Gasteiger partial charge in [0.05, 0.1) is 22.6 Å². The zero-order chi connectivity index (χ0) is 11.9. The van der Waals surface area contributed by atoms with Crippen molar-refractivity contribution in [3.8, 4) is 0 Å². The van der Waals surface area contributed by atoms with Crippen molar-refractivity contribution in [2.45, 2.75) is 6.54 Å². The van der Waals surface area contributed by atoms with Gasteiger partial charge in [0.1, 0.15) is 5.82 Å². The van der Waals surface area contributed by atoms with Crippen molar-refractivity contribution in [1.82, 2.24) is 9.55 Å². The average Bonchev–Trinajstić information content (AvgIpc) is 2.45. The number of aromatic nitrogens is 2. The summed E-state index contributed by atoms with van der Waals surface area (Å²) in [5.74, 6) is -0.489. The van der Waals surface area contributed by atoms with Crippen LogP contribution in [0.5, 0.6) is 0 Å². The molecule has 0 unspecified atom stereocenters. The highest BCUT2D eigenvalue weighted by Gasteiger charge is 2.09. The minimum absolute atomic E-state index is 0.0561. The largest absolute Gasteiger partial charge is 0.331 e. The van der Waals surface area contributed by atoms with Crippen LogP contribution >= 0.6 is 35.4 Å². The molecule has 1 aromatic heterocycles. The van der Waals surface area contributed by atoms with E-state index >= 15 is 0 Å². The van der Waals surface area contributed by atoms with Gasteiger partial charge in [0, 0.05) is 11.1 Å². The molecule has 0 saturated heterocycles. The molecule has 0 aliphatic carbocycles. The van der Waals surface area contributed by atoms with Crippen LogP contribution in [0.1, 0.15) is 0 Å². The van der Waals surface area contributed by atoms with Gasteiger partial charge in [-0.05, 0) is 18.3 Å². The summed E-state index contributed by atoms with van der Waals surface area (Å²) in [6, 6.07) is 2.82. The Bertz CT molecular complexity index is 630. The Hall–Kier alpha value is -0.840. The minimum Gasteiger partial charge on any atom is -0.331 e. The number of halogens is 3. The molecule has 1 aromatic carbocycles. The highest BCUT2D eigenvalue weighted by Crippen LogP contribution is 2.23. The summed E-state index contributed by atoms with van der Waals surface area (Å²) in [5.41, 5.74) is 1.29. The van der Waals surface area contributed by atoms with E-state index in [1.807, 2.05) is 0 Å². The molecule has 0 aliphatic heterocycles. The van der Waals surface area contributed by atoms with Gasteiger partial charge in [0.2, 0.25) is 0 Å². The van der Waals surface area contributed by atoms with Gasteiger partial charge in [0.15, 0.2) is 4.77 Å². The fourth-order valence-electron chi connectivity index (χ4n) is 1.48. The monoisotopic (exact) mass is 276 g/mol. The first kappa shape index (κ1) is 11.6. The molecule has 1 N–H and O–H groups in total. The van der Waals surface area contributed by atoms with Crippen molar-refractivity contribution in [2.75, 3.05) is 0 Å².